The molecule has 0 atom stereocenters. The van der Waals surface area contributed by atoms with E-state index in [1.54, 1.807) is 6.20 Å². The first kappa shape index (κ1) is 11.6. The molecule has 0 saturated carbocycles. The SMILES string of the molecule is CC(C)CCNC(=O)c1ccc2[nH]ncc2c1. The maximum absolute atomic E-state index is 11.9. The van der Waals surface area contributed by atoms with Crippen LogP contribution in [-0.2, 0) is 0 Å². The third kappa shape index (κ3) is 2.84. The second kappa shape index (κ2) is 4.99. The smallest absolute Gasteiger partial charge is 0.251 e. The first-order valence-corrected chi connectivity index (χ1v) is 5.88. The molecular weight excluding hydrogens is 214 g/mol. The fraction of sp³-hybridized carbons (Fsp3) is 0.385. The Morgan fingerprint density at radius 1 is 1.47 bits per heavy atom. The van der Waals surface area contributed by atoms with Crippen molar-refractivity contribution in [2.75, 3.05) is 6.54 Å². The van der Waals surface area contributed by atoms with Gasteiger partial charge < -0.3 is 5.32 Å². The van der Waals surface area contributed by atoms with E-state index in [-0.39, 0.29) is 5.91 Å². The molecule has 4 heteroatoms. The lowest BCUT2D eigenvalue weighted by atomic mass is 10.1. The molecule has 0 unspecified atom stereocenters. The molecule has 17 heavy (non-hydrogen) atoms. The summed E-state index contributed by atoms with van der Waals surface area (Å²) in [6.07, 6.45) is 2.72. The number of benzene rings is 1. The van der Waals surface area contributed by atoms with Crippen LogP contribution in [0.3, 0.4) is 0 Å². The van der Waals surface area contributed by atoms with Crippen molar-refractivity contribution in [3.05, 3.63) is 30.0 Å². The highest BCUT2D eigenvalue weighted by Gasteiger charge is 2.06. The number of amides is 1. The van der Waals surface area contributed by atoms with E-state index in [0.29, 0.717) is 11.5 Å². The lowest BCUT2D eigenvalue weighted by Gasteiger charge is -2.07. The molecule has 0 aliphatic rings. The molecule has 1 aromatic carbocycles. The quantitative estimate of drug-likeness (QED) is 0.848. The van der Waals surface area contributed by atoms with Crippen LogP contribution in [0.2, 0.25) is 0 Å². The molecule has 2 N–H and O–H groups in total. The molecule has 0 aliphatic heterocycles. The van der Waals surface area contributed by atoms with Gasteiger partial charge in [-0.3, -0.25) is 9.89 Å². The van der Waals surface area contributed by atoms with Gasteiger partial charge in [0.15, 0.2) is 0 Å². The van der Waals surface area contributed by atoms with Crippen molar-refractivity contribution >= 4 is 16.8 Å². The summed E-state index contributed by atoms with van der Waals surface area (Å²) in [6, 6.07) is 5.54. The number of hydrogen-bond acceptors (Lipinski definition) is 2. The van der Waals surface area contributed by atoms with Crippen LogP contribution in [0.4, 0.5) is 0 Å². The minimum atomic E-state index is -0.0197. The van der Waals surface area contributed by atoms with Crippen LogP contribution < -0.4 is 5.32 Å². The van der Waals surface area contributed by atoms with Crippen LogP contribution >= 0.6 is 0 Å². The van der Waals surface area contributed by atoms with E-state index >= 15 is 0 Å². The minimum absolute atomic E-state index is 0.0197. The molecule has 0 spiro atoms. The number of hydrogen-bond donors (Lipinski definition) is 2. The number of nitrogens with one attached hydrogen (secondary N) is 2. The fourth-order valence-corrected chi connectivity index (χ4v) is 1.66. The highest BCUT2D eigenvalue weighted by Crippen LogP contribution is 2.12. The van der Waals surface area contributed by atoms with Gasteiger partial charge in [0.1, 0.15) is 0 Å². The summed E-state index contributed by atoms with van der Waals surface area (Å²) in [6.45, 7) is 5.01. The molecule has 1 aromatic heterocycles. The molecule has 1 amide bonds. The topological polar surface area (TPSA) is 57.8 Å². The first-order valence-electron chi connectivity index (χ1n) is 5.88. The van der Waals surface area contributed by atoms with Gasteiger partial charge in [0.2, 0.25) is 0 Å². The molecule has 0 radical (unpaired) electrons. The van der Waals surface area contributed by atoms with Gasteiger partial charge in [-0.15, -0.1) is 0 Å². The Bertz CT molecular complexity index is 516. The van der Waals surface area contributed by atoms with E-state index in [4.69, 9.17) is 0 Å². The number of fused-ring (bicyclic) bond motifs is 1. The van der Waals surface area contributed by atoms with Crippen molar-refractivity contribution in [3.8, 4) is 0 Å². The normalized spacial score (nSPS) is 11.0. The monoisotopic (exact) mass is 231 g/mol. The second-order valence-electron chi connectivity index (χ2n) is 4.61. The van der Waals surface area contributed by atoms with Gasteiger partial charge in [0.25, 0.3) is 5.91 Å². The molecular formula is C13H17N3O. The summed E-state index contributed by atoms with van der Waals surface area (Å²) in [7, 11) is 0. The Morgan fingerprint density at radius 3 is 3.06 bits per heavy atom. The third-order valence-electron chi connectivity index (χ3n) is 2.71. The molecule has 90 valence electrons. The van der Waals surface area contributed by atoms with E-state index in [2.05, 4.69) is 29.4 Å². The molecule has 0 aliphatic carbocycles. The fourth-order valence-electron chi connectivity index (χ4n) is 1.66. The van der Waals surface area contributed by atoms with Gasteiger partial charge in [-0.25, -0.2) is 0 Å². The van der Waals surface area contributed by atoms with Gasteiger partial charge in [0.05, 0.1) is 11.7 Å². The van der Waals surface area contributed by atoms with Crippen LogP contribution in [0.25, 0.3) is 10.9 Å². The Kier molecular flexibility index (Phi) is 3.42. The van der Waals surface area contributed by atoms with E-state index in [0.717, 1.165) is 23.9 Å². The summed E-state index contributed by atoms with van der Waals surface area (Å²) in [5.41, 5.74) is 1.63. The van der Waals surface area contributed by atoms with E-state index in [1.165, 1.54) is 0 Å². The summed E-state index contributed by atoms with van der Waals surface area (Å²) >= 11 is 0. The Hall–Kier alpha value is -1.84. The van der Waals surface area contributed by atoms with Crippen molar-refractivity contribution in [3.63, 3.8) is 0 Å². The van der Waals surface area contributed by atoms with Crippen LogP contribution in [0.1, 0.15) is 30.6 Å². The highest BCUT2D eigenvalue weighted by atomic mass is 16.1. The van der Waals surface area contributed by atoms with Crippen LogP contribution in [0.5, 0.6) is 0 Å². The maximum Gasteiger partial charge on any atom is 0.251 e. The second-order valence-corrected chi connectivity index (χ2v) is 4.61. The predicted molar refractivity (Wildman–Crippen MR) is 67.9 cm³/mol. The van der Waals surface area contributed by atoms with Gasteiger partial charge in [-0.05, 0) is 30.5 Å². The molecule has 0 fully saturated rings. The summed E-state index contributed by atoms with van der Waals surface area (Å²) in [5.74, 6) is 0.584. The van der Waals surface area contributed by atoms with Crippen LogP contribution in [-0.4, -0.2) is 22.6 Å². The summed E-state index contributed by atoms with van der Waals surface area (Å²) < 4.78 is 0. The third-order valence-corrected chi connectivity index (χ3v) is 2.71. The van der Waals surface area contributed by atoms with Crippen LogP contribution in [0, 0.1) is 5.92 Å². The van der Waals surface area contributed by atoms with Gasteiger partial charge in [-0.2, -0.15) is 5.10 Å². The van der Waals surface area contributed by atoms with Gasteiger partial charge in [-0.1, -0.05) is 13.8 Å². The lowest BCUT2D eigenvalue weighted by Crippen LogP contribution is -2.25. The Morgan fingerprint density at radius 2 is 2.29 bits per heavy atom. The van der Waals surface area contributed by atoms with Crippen molar-refractivity contribution in [1.29, 1.82) is 0 Å². The van der Waals surface area contributed by atoms with Crippen LogP contribution in [0.15, 0.2) is 24.4 Å². The number of nitrogens with zero attached hydrogens (tertiary/aromatic N) is 1. The average molecular weight is 231 g/mol. The zero-order valence-electron chi connectivity index (χ0n) is 10.2. The Balaban J connectivity index is 2.03. The van der Waals surface area contributed by atoms with E-state index < -0.39 is 0 Å². The number of carbonyl (C=O) groups excluding carboxylic acids is 1. The zero-order chi connectivity index (χ0) is 12.3. The molecule has 0 saturated heterocycles. The number of aromatic amines is 1. The van der Waals surface area contributed by atoms with Crippen molar-refractivity contribution in [2.45, 2.75) is 20.3 Å². The van der Waals surface area contributed by atoms with E-state index in [9.17, 15) is 4.79 Å². The minimum Gasteiger partial charge on any atom is -0.352 e. The first-order chi connectivity index (χ1) is 8.16. The number of aromatic nitrogens is 2. The lowest BCUT2D eigenvalue weighted by molar-refractivity contribution is 0.0952. The molecule has 0 bridgehead atoms. The van der Waals surface area contributed by atoms with Crippen molar-refractivity contribution in [1.82, 2.24) is 15.5 Å². The molecule has 1 heterocycles. The van der Waals surface area contributed by atoms with Gasteiger partial charge >= 0.3 is 0 Å². The standard InChI is InChI=1S/C13H17N3O/c1-9(2)5-6-14-13(17)10-3-4-12-11(7-10)8-15-16-12/h3-4,7-9H,5-6H2,1-2H3,(H,14,17)(H,15,16). The van der Waals surface area contributed by atoms with Crippen molar-refractivity contribution in [2.24, 2.45) is 5.92 Å². The zero-order valence-corrected chi connectivity index (χ0v) is 10.2. The van der Waals surface area contributed by atoms with Crippen molar-refractivity contribution < 1.29 is 4.79 Å². The Labute approximate surface area is 100 Å². The maximum atomic E-state index is 11.9. The predicted octanol–water partition coefficient (Wildman–Crippen LogP) is 2.34. The molecule has 4 nitrogen and oxygen atoms in total. The number of carbonyl (C=O) groups is 1. The summed E-state index contributed by atoms with van der Waals surface area (Å²) in [4.78, 5) is 11.9. The summed E-state index contributed by atoms with van der Waals surface area (Å²) in [5, 5.41) is 10.7. The number of H-pyrrole nitrogens is 1. The highest BCUT2D eigenvalue weighted by molar-refractivity contribution is 5.97. The largest absolute Gasteiger partial charge is 0.352 e. The molecule has 2 aromatic rings. The van der Waals surface area contributed by atoms with Gasteiger partial charge in [0, 0.05) is 17.5 Å². The number of rotatable bonds is 4. The average Bonchev–Trinajstić information content (AvgIpc) is 2.75. The van der Waals surface area contributed by atoms with E-state index in [1.807, 2.05) is 18.2 Å². The molecule has 2 rings (SSSR count).